The van der Waals surface area contributed by atoms with E-state index in [0.717, 1.165) is 30.7 Å². The average Bonchev–Trinajstić information content (AvgIpc) is 3.14. The molecule has 0 bridgehead atoms. The Morgan fingerprint density at radius 1 is 1.33 bits per heavy atom. The second-order valence-electron chi connectivity index (χ2n) is 9.00. The van der Waals surface area contributed by atoms with E-state index in [1.165, 1.54) is 0 Å². The van der Waals surface area contributed by atoms with Crippen molar-refractivity contribution < 1.29 is 24.2 Å². The van der Waals surface area contributed by atoms with E-state index in [-0.39, 0.29) is 24.7 Å². The van der Waals surface area contributed by atoms with Crippen molar-refractivity contribution in [2.45, 2.75) is 72.0 Å². The average molecular weight is 463 g/mol. The van der Waals surface area contributed by atoms with Crippen LogP contribution < -0.4 is 0 Å². The molecular weight excluding hydrogens is 424 g/mol. The number of allylic oxidation sites excluding steroid dienone is 3. The molecule has 0 saturated heterocycles. The first-order chi connectivity index (χ1) is 15.7. The lowest BCUT2D eigenvalue weighted by Crippen LogP contribution is -2.29. The van der Waals surface area contributed by atoms with Gasteiger partial charge in [0.1, 0.15) is 12.4 Å². The fourth-order valence-electron chi connectivity index (χ4n) is 3.70. The highest BCUT2D eigenvalue weighted by Gasteiger charge is 2.28. The van der Waals surface area contributed by atoms with Gasteiger partial charge in [0, 0.05) is 27.1 Å². The molecule has 1 N–H and O–H groups in total. The van der Waals surface area contributed by atoms with Gasteiger partial charge in [0.05, 0.1) is 23.4 Å². The number of carboxylic acid groups (broad SMARTS) is 1. The Hall–Kier alpha value is -2.84. The van der Waals surface area contributed by atoms with Gasteiger partial charge in [-0.25, -0.2) is 9.48 Å². The highest BCUT2D eigenvalue weighted by atomic mass is 16.6. The minimum Gasteiger partial charge on any atom is -0.491 e. The molecule has 1 aliphatic carbocycles. The Labute approximate surface area is 196 Å². The number of ether oxygens (including phenoxy) is 2. The molecular formula is C24H38N4O5. The number of rotatable bonds is 11. The van der Waals surface area contributed by atoms with Gasteiger partial charge in [-0.3, -0.25) is 4.79 Å². The maximum absolute atomic E-state index is 12.2. The first-order valence-electron chi connectivity index (χ1n) is 11.7. The summed E-state index contributed by atoms with van der Waals surface area (Å²) in [6.07, 6.45) is 9.60. The molecule has 2 rings (SSSR count). The van der Waals surface area contributed by atoms with Crippen LogP contribution in [0.5, 0.6) is 0 Å². The quantitative estimate of drug-likeness (QED) is 0.390. The number of carbonyl (C=O) groups excluding carboxylic acids is 1. The third-order valence-electron chi connectivity index (χ3n) is 5.87. The largest absolute Gasteiger partial charge is 0.491 e. The molecule has 0 unspecified atom stereocenters. The number of hydrogen-bond donors (Lipinski definition) is 1. The van der Waals surface area contributed by atoms with Crippen LogP contribution in [0.25, 0.3) is 0 Å². The Morgan fingerprint density at radius 3 is 2.76 bits per heavy atom. The molecule has 1 fully saturated rings. The van der Waals surface area contributed by atoms with E-state index in [9.17, 15) is 14.7 Å². The molecule has 0 aromatic carbocycles. The van der Waals surface area contributed by atoms with Crippen LogP contribution in [0.15, 0.2) is 24.0 Å². The van der Waals surface area contributed by atoms with Gasteiger partial charge in [-0.15, -0.1) is 5.10 Å². The summed E-state index contributed by atoms with van der Waals surface area (Å²) >= 11 is 0. The molecule has 0 spiro atoms. The fraction of sp³-hybridized carbons (Fsp3) is 0.667. The zero-order chi connectivity index (χ0) is 24.4. The van der Waals surface area contributed by atoms with Crippen molar-refractivity contribution in [3.63, 3.8) is 0 Å². The first kappa shape index (κ1) is 26.4. The van der Waals surface area contributed by atoms with E-state index < -0.39 is 5.97 Å². The molecule has 9 nitrogen and oxygen atoms in total. The molecule has 1 aromatic rings. The third kappa shape index (κ3) is 8.55. The van der Waals surface area contributed by atoms with Gasteiger partial charge >= 0.3 is 12.1 Å². The SMILES string of the molecule is C/C=C(\C=C/Cc1nnn(C)c1COC(=O)N(C)CCC(C)C)O[C@@H]1CCC[C@@H](C(=O)O)C1. The van der Waals surface area contributed by atoms with Gasteiger partial charge in [-0.1, -0.05) is 25.1 Å². The van der Waals surface area contributed by atoms with Crippen molar-refractivity contribution in [1.82, 2.24) is 19.9 Å². The Bertz CT molecular complexity index is 846. The van der Waals surface area contributed by atoms with Crippen LogP contribution in [0.1, 0.15) is 64.3 Å². The maximum atomic E-state index is 12.2. The summed E-state index contributed by atoms with van der Waals surface area (Å²) in [4.78, 5) is 25.1. The van der Waals surface area contributed by atoms with E-state index in [1.807, 2.05) is 25.2 Å². The Kier molecular flexibility index (Phi) is 10.4. The highest BCUT2D eigenvalue weighted by molar-refractivity contribution is 5.70. The summed E-state index contributed by atoms with van der Waals surface area (Å²) in [5.41, 5.74) is 1.47. The standard InChI is InChI=1S/C24H38N4O5/c1-6-19(33-20-11-7-9-18(15-20)23(29)30)10-8-12-21-22(28(5)26-25-21)16-32-24(31)27(4)14-13-17(2)3/h6,8,10,17-18,20H,7,9,11-16H2,1-5H3,(H,29,30)/b10-8-,19-6+/t18-,20-/m1/s1. The molecule has 184 valence electrons. The summed E-state index contributed by atoms with van der Waals surface area (Å²) in [7, 11) is 3.51. The molecule has 33 heavy (non-hydrogen) atoms. The highest BCUT2D eigenvalue weighted by Crippen LogP contribution is 2.28. The molecule has 0 aliphatic heterocycles. The van der Waals surface area contributed by atoms with E-state index >= 15 is 0 Å². The predicted octanol–water partition coefficient (Wildman–Crippen LogP) is 4.09. The minimum atomic E-state index is -0.747. The van der Waals surface area contributed by atoms with Crippen LogP contribution in [0.2, 0.25) is 0 Å². The van der Waals surface area contributed by atoms with E-state index in [4.69, 9.17) is 9.47 Å². The van der Waals surface area contributed by atoms with Crippen molar-refractivity contribution in [3.05, 3.63) is 35.4 Å². The summed E-state index contributed by atoms with van der Waals surface area (Å²) in [5, 5.41) is 17.5. The second-order valence-corrected chi connectivity index (χ2v) is 9.00. The summed E-state index contributed by atoms with van der Waals surface area (Å²) in [6.45, 7) is 6.87. The Morgan fingerprint density at radius 2 is 2.09 bits per heavy atom. The number of aromatic nitrogens is 3. The van der Waals surface area contributed by atoms with Crippen LogP contribution >= 0.6 is 0 Å². The lowest BCUT2D eigenvalue weighted by Gasteiger charge is -2.27. The molecule has 1 aromatic heterocycles. The molecule has 2 atom stereocenters. The third-order valence-corrected chi connectivity index (χ3v) is 5.87. The molecule has 1 amide bonds. The Balaban J connectivity index is 1.89. The number of aryl methyl sites for hydroxylation is 1. The summed E-state index contributed by atoms with van der Waals surface area (Å²) in [6, 6.07) is 0. The van der Waals surface area contributed by atoms with Gasteiger partial charge in [0.15, 0.2) is 0 Å². The van der Waals surface area contributed by atoms with Crippen LogP contribution in [-0.2, 0) is 34.3 Å². The van der Waals surface area contributed by atoms with Crippen molar-refractivity contribution in [2.24, 2.45) is 18.9 Å². The number of aliphatic carboxylic acids is 1. The van der Waals surface area contributed by atoms with Gasteiger partial charge in [-0.05, 0) is 57.1 Å². The lowest BCUT2D eigenvalue weighted by atomic mass is 9.87. The van der Waals surface area contributed by atoms with Crippen molar-refractivity contribution in [1.29, 1.82) is 0 Å². The van der Waals surface area contributed by atoms with Crippen molar-refractivity contribution in [2.75, 3.05) is 13.6 Å². The number of hydrogen-bond acceptors (Lipinski definition) is 6. The van der Waals surface area contributed by atoms with Crippen molar-refractivity contribution in [3.8, 4) is 0 Å². The zero-order valence-corrected chi connectivity index (χ0v) is 20.5. The topological polar surface area (TPSA) is 107 Å². The van der Waals surface area contributed by atoms with Gasteiger partial charge < -0.3 is 19.5 Å². The van der Waals surface area contributed by atoms with Crippen LogP contribution in [0.4, 0.5) is 4.79 Å². The fourth-order valence-corrected chi connectivity index (χ4v) is 3.70. The van der Waals surface area contributed by atoms with E-state index in [1.54, 1.807) is 23.7 Å². The van der Waals surface area contributed by atoms with Gasteiger partial charge in [0.2, 0.25) is 0 Å². The monoisotopic (exact) mass is 462 g/mol. The van der Waals surface area contributed by atoms with Crippen LogP contribution in [0, 0.1) is 11.8 Å². The molecule has 9 heteroatoms. The molecule has 0 radical (unpaired) electrons. The second kappa shape index (κ2) is 13.0. The number of carboxylic acids is 1. The maximum Gasteiger partial charge on any atom is 0.409 e. The van der Waals surface area contributed by atoms with Crippen LogP contribution in [0.3, 0.4) is 0 Å². The molecule has 1 heterocycles. The number of nitrogens with zero attached hydrogens (tertiary/aromatic N) is 4. The summed E-state index contributed by atoms with van der Waals surface area (Å²) in [5.74, 6) is 0.139. The normalized spacial score (nSPS) is 19.2. The minimum absolute atomic E-state index is 0.0881. The molecule has 1 aliphatic rings. The van der Waals surface area contributed by atoms with E-state index in [0.29, 0.717) is 37.5 Å². The predicted molar refractivity (Wildman–Crippen MR) is 124 cm³/mol. The van der Waals surface area contributed by atoms with E-state index in [2.05, 4.69) is 24.2 Å². The van der Waals surface area contributed by atoms with Crippen LogP contribution in [-0.4, -0.2) is 56.8 Å². The smallest absolute Gasteiger partial charge is 0.409 e. The number of amides is 1. The zero-order valence-electron chi connectivity index (χ0n) is 20.5. The van der Waals surface area contributed by atoms with Gasteiger partial charge in [-0.2, -0.15) is 0 Å². The van der Waals surface area contributed by atoms with Crippen molar-refractivity contribution >= 4 is 12.1 Å². The molecule has 1 saturated carbocycles. The number of carbonyl (C=O) groups is 2. The van der Waals surface area contributed by atoms with Gasteiger partial charge in [0.25, 0.3) is 0 Å². The summed E-state index contributed by atoms with van der Waals surface area (Å²) < 4.78 is 13.1. The first-order valence-corrected chi connectivity index (χ1v) is 11.7. The lowest BCUT2D eigenvalue weighted by molar-refractivity contribution is -0.144.